The number of para-hydroxylation sites is 3. The van der Waals surface area contributed by atoms with Gasteiger partial charge in [0.25, 0.3) is 5.56 Å². The Morgan fingerprint density at radius 1 is 0.861 bits per heavy atom. The van der Waals surface area contributed by atoms with Crippen LogP contribution in [0.25, 0.3) is 16.6 Å². The highest BCUT2D eigenvalue weighted by molar-refractivity contribution is 7.99. The second kappa shape index (κ2) is 10.7. The molecule has 8 heteroatoms. The van der Waals surface area contributed by atoms with Crippen molar-refractivity contribution in [3.05, 3.63) is 119 Å². The van der Waals surface area contributed by atoms with Gasteiger partial charge in [-0.05, 0) is 60.7 Å². The summed E-state index contributed by atoms with van der Waals surface area (Å²) in [6.45, 7) is 0. The molecule has 0 radical (unpaired) electrons. The van der Waals surface area contributed by atoms with E-state index in [-0.39, 0.29) is 17.2 Å². The van der Waals surface area contributed by atoms with Crippen molar-refractivity contribution in [2.45, 2.75) is 5.16 Å². The summed E-state index contributed by atoms with van der Waals surface area (Å²) in [6.07, 6.45) is 0. The Balaban J connectivity index is 1.33. The number of ether oxygens (including phenoxy) is 1. The predicted octanol–water partition coefficient (Wildman–Crippen LogP) is 6.56. The number of benzene rings is 4. The first kappa shape index (κ1) is 23.7. The van der Waals surface area contributed by atoms with Gasteiger partial charge in [-0.3, -0.25) is 14.2 Å². The summed E-state index contributed by atoms with van der Waals surface area (Å²) in [5.74, 6) is 1.22. The lowest BCUT2D eigenvalue weighted by molar-refractivity contribution is -0.113. The molecule has 0 saturated carbocycles. The molecule has 0 atom stereocenters. The Morgan fingerprint density at radius 3 is 2.31 bits per heavy atom. The van der Waals surface area contributed by atoms with Crippen LogP contribution in [0.5, 0.6) is 11.5 Å². The van der Waals surface area contributed by atoms with E-state index in [1.54, 1.807) is 66.7 Å². The summed E-state index contributed by atoms with van der Waals surface area (Å²) in [5, 5.41) is 4.15. The van der Waals surface area contributed by atoms with E-state index in [0.717, 1.165) is 5.75 Å². The van der Waals surface area contributed by atoms with Gasteiger partial charge in [0.05, 0.1) is 27.4 Å². The van der Waals surface area contributed by atoms with Crippen LogP contribution in [0.4, 0.5) is 5.69 Å². The number of anilines is 1. The van der Waals surface area contributed by atoms with E-state index in [4.69, 9.17) is 16.3 Å². The molecule has 1 N–H and O–H groups in total. The molecule has 5 rings (SSSR count). The number of carbonyl (C=O) groups excluding carboxylic acids is 1. The highest BCUT2D eigenvalue weighted by atomic mass is 35.5. The van der Waals surface area contributed by atoms with Crippen LogP contribution in [-0.2, 0) is 4.79 Å². The van der Waals surface area contributed by atoms with Crippen molar-refractivity contribution in [2.24, 2.45) is 0 Å². The van der Waals surface area contributed by atoms with E-state index in [9.17, 15) is 9.59 Å². The molecule has 0 aliphatic carbocycles. The third-order valence-corrected chi connectivity index (χ3v) is 6.55. The molecule has 6 nitrogen and oxygen atoms in total. The molecular weight excluding hydrogens is 494 g/mol. The number of hydrogen-bond acceptors (Lipinski definition) is 5. The summed E-state index contributed by atoms with van der Waals surface area (Å²) in [5.41, 5.74) is 1.46. The van der Waals surface area contributed by atoms with Crippen molar-refractivity contribution in [3.8, 4) is 17.2 Å². The Kier molecular flexibility index (Phi) is 7.02. The zero-order chi connectivity index (χ0) is 24.9. The number of amides is 1. The summed E-state index contributed by atoms with van der Waals surface area (Å²) < 4.78 is 7.24. The molecule has 0 bridgehead atoms. The fourth-order valence-electron chi connectivity index (χ4n) is 3.61. The highest BCUT2D eigenvalue weighted by Crippen LogP contribution is 2.26. The number of hydrogen-bond donors (Lipinski definition) is 1. The van der Waals surface area contributed by atoms with E-state index < -0.39 is 0 Å². The topological polar surface area (TPSA) is 73.2 Å². The number of nitrogens with zero attached hydrogens (tertiary/aromatic N) is 2. The van der Waals surface area contributed by atoms with E-state index >= 15 is 0 Å². The van der Waals surface area contributed by atoms with Crippen molar-refractivity contribution >= 4 is 45.9 Å². The first-order chi connectivity index (χ1) is 17.6. The molecule has 5 aromatic rings. The van der Waals surface area contributed by atoms with Crippen LogP contribution in [0.1, 0.15) is 0 Å². The largest absolute Gasteiger partial charge is 0.457 e. The van der Waals surface area contributed by atoms with Crippen LogP contribution >= 0.6 is 23.4 Å². The van der Waals surface area contributed by atoms with Gasteiger partial charge in [0.1, 0.15) is 11.5 Å². The van der Waals surface area contributed by atoms with Gasteiger partial charge in [-0.2, -0.15) is 0 Å². The third kappa shape index (κ3) is 5.27. The predicted molar refractivity (Wildman–Crippen MR) is 145 cm³/mol. The minimum atomic E-state index is -0.245. The summed E-state index contributed by atoms with van der Waals surface area (Å²) in [4.78, 5) is 30.7. The molecule has 178 valence electrons. The minimum absolute atomic E-state index is 0.0531. The minimum Gasteiger partial charge on any atom is -0.457 e. The average molecular weight is 514 g/mol. The van der Waals surface area contributed by atoms with Crippen LogP contribution in [0.15, 0.2) is 113 Å². The zero-order valence-electron chi connectivity index (χ0n) is 18.9. The van der Waals surface area contributed by atoms with Crippen LogP contribution in [0, 0.1) is 0 Å². The van der Waals surface area contributed by atoms with Gasteiger partial charge in [-0.25, -0.2) is 4.98 Å². The van der Waals surface area contributed by atoms with Crippen LogP contribution in [0.3, 0.4) is 0 Å². The van der Waals surface area contributed by atoms with E-state index in [2.05, 4.69) is 10.3 Å². The quantitative estimate of drug-likeness (QED) is 0.197. The lowest BCUT2D eigenvalue weighted by Gasteiger charge is -2.14. The fraction of sp³-hybridized carbons (Fsp3) is 0.0357. The lowest BCUT2D eigenvalue weighted by atomic mass is 10.2. The summed E-state index contributed by atoms with van der Waals surface area (Å²) in [7, 11) is 0. The van der Waals surface area contributed by atoms with Crippen molar-refractivity contribution < 1.29 is 9.53 Å². The number of aromatic nitrogens is 2. The maximum Gasteiger partial charge on any atom is 0.266 e. The second-order valence-electron chi connectivity index (χ2n) is 7.78. The molecule has 0 aliphatic heterocycles. The van der Waals surface area contributed by atoms with Gasteiger partial charge in [0.15, 0.2) is 5.16 Å². The number of nitrogens with one attached hydrogen (secondary N) is 1. The van der Waals surface area contributed by atoms with Gasteiger partial charge in [-0.15, -0.1) is 0 Å². The fourth-order valence-corrected chi connectivity index (χ4v) is 4.64. The number of thioether (sulfide) groups is 1. The van der Waals surface area contributed by atoms with Crippen molar-refractivity contribution in [2.75, 3.05) is 11.1 Å². The average Bonchev–Trinajstić information content (AvgIpc) is 2.90. The number of rotatable bonds is 7. The molecule has 1 heterocycles. The van der Waals surface area contributed by atoms with Gasteiger partial charge in [0, 0.05) is 5.69 Å². The van der Waals surface area contributed by atoms with Crippen molar-refractivity contribution in [3.63, 3.8) is 0 Å². The van der Waals surface area contributed by atoms with E-state index in [1.807, 2.05) is 36.4 Å². The van der Waals surface area contributed by atoms with Crippen LogP contribution in [-0.4, -0.2) is 21.2 Å². The number of carbonyl (C=O) groups is 1. The molecule has 1 aromatic heterocycles. The summed E-state index contributed by atoms with van der Waals surface area (Å²) >= 11 is 7.57. The van der Waals surface area contributed by atoms with Crippen LogP contribution < -0.4 is 15.6 Å². The Labute approximate surface area is 216 Å². The molecule has 0 fully saturated rings. The van der Waals surface area contributed by atoms with Gasteiger partial charge < -0.3 is 10.1 Å². The van der Waals surface area contributed by atoms with Crippen molar-refractivity contribution in [1.29, 1.82) is 0 Å². The highest BCUT2D eigenvalue weighted by Gasteiger charge is 2.16. The molecule has 0 aliphatic rings. The Hall–Kier alpha value is -4.07. The number of halogens is 1. The molecule has 4 aromatic carbocycles. The van der Waals surface area contributed by atoms with E-state index in [1.165, 1.54) is 16.3 Å². The van der Waals surface area contributed by atoms with Gasteiger partial charge in [0.2, 0.25) is 5.91 Å². The number of fused-ring (bicyclic) bond motifs is 1. The van der Waals surface area contributed by atoms with Gasteiger partial charge in [-0.1, -0.05) is 65.8 Å². The monoisotopic (exact) mass is 513 g/mol. The Morgan fingerprint density at radius 2 is 1.53 bits per heavy atom. The second-order valence-corrected chi connectivity index (χ2v) is 9.13. The molecule has 1 amide bonds. The maximum atomic E-state index is 13.3. The molecule has 0 saturated heterocycles. The first-order valence-corrected chi connectivity index (χ1v) is 12.5. The molecule has 36 heavy (non-hydrogen) atoms. The van der Waals surface area contributed by atoms with Crippen LogP contribution in [0.2, 0.25) is 5.02 Å². The smallest absolute Gasteiger partial charge is 0.266 e. The molecule has 0 unspecified atom stereocenters. The normalized spacial score (nSPS) is 10.8. The molecular formula is C28H20ClN3O3S. The lowest BCUT2D eigenvalue weighted by Crippen LogP contribution is -2.23. The first-order valence-electron chi connectivity index (χ1n) is 11.1. The Bertz CT molecular complexity index is 1590. The standard InChI is InChI=1S/C28H20ClN3O3S/c29-23-11-5-7-13-25(23)32-27(34)22-10-4-6-12-24(22)31-28(32)36-18-26(33)30-19-14-16-21(17-15-19)35-20-8-2-1-3-9-20/h1-17H,18H2,(H,30,33). The zero-order valence-corrected chi connectivity index (χ0v) is 20.5. The SMILES string of the molecule is O=C(CSc1nc2ccccc2c(=O)n1-c1ccccc1Cl)Nc1ccc(Oc2ccccc2)cc1. The van der Waals surface area contributed by atoms with Gasteiger partial charge >= 0.3 is 0 Å². The third-order valence-electron chi connectivity index (χ3n) is 5.29. The summed E-state index contributed by atoms with van der Waals surface area (Å²) in [6, 6.07) is 30.8. The molecule has 0 spiro atoms. The maximum absolute atomic E-state index is 13.3. The van der Waals surface area contributed by atoms with E-state index in [0.29, 0.717) is 38.2 Å². The van der Waals surface area contributed by atoms with Crippen molar-refractivity contribution in [1.82, 2.24) is 9.55 Å².